The zero-order valence-corrected chi connectivity index (χ0v) is 10.3. The number of alkyl halides is 6. The Hall–Kier alpha value is 1.74. The van der Waals surface area contributed by atoms with Crippen molar-refractivity contribution in [2.45, 2.75) is 32.3 Å². The van der Waals surface area contributed by atoms with Crippen LogP contribution in [0.15, 0.2) is 0 Å². The maximum Gasteiger partial charge on any atom is 0.0693 e. The molecule has 72 valence electrons. The van der Waals surface area contributed by atoms with Crippen LogP contribution >= 0.6 is 69.6 Å². The minimum absolute atomic E-state index is 0.437. The molecule has 0 amide bonds. The van der Waals surface area contributed by atoms with Gasteiger partial charge < -0.3 is 0 Å². The summed E-state index contributed by atoms with van der Waals surface area (Å²) in [7, 11) is 0. The Balaban J connectivity index is 2.76. The maximum absolute atomic E-state index is 5.88. The van der Waals surface area contributed by atoms with Crippen molar-refractivity contribution in [1.82, 2.24) is 0 Å². The largest absolute Gasteiger partial charge is 0.120 e. The summed E-state index contributed by atoms with van der Waals surface area (Å²) in [5.74, 6) is 0. The third kappa shape index (κ3) is 2.04. The van der Waals surface area contributed by atoms with E-state index in [0.29, 0.717) is 0 Å². The molecule has 0 bridgehead atoms. The predicted molar refractivity (Wildman–Crippen MR) is 57.8 cm³/mol. The summed E-state index contributed by atoms with van der Waals surface area (Å²) in [6.45, 7) is 0. The van der Waals surface area contributed by atoms with Gasteiger partial charge in [0.05, 0.1) is 32.3 Å². The minimum atomic E-state index is -0.437. The number of hydrogen-bond donors (Lipinski definition) is 0. The Kier molecular flexibility index (Phi) is 4.44. The van der Waals surface area contributed by atoms with Crippen LogP contribution in [0.1, 0.15) is 0 Å². The van der Waals surface area contributed by atoms with E-state index >= 15 is 0 Å². The topological polar surface area (TPSA) is 0 Å². The number of rotatable bonds is 0. The summed E-state index contributed by atoms with van der Waals surface area (Å²) < 4.78 is 0. The van der Waals surface area contributed by atoms with Gasteiger partial charge in [-0.2, -0.15) is 0 Å². The Labute approximate surface area is 101 Å². The molecule has 0 aromatic carbocycles. The summed E-state index contributed by atoms with van der Waals surface area (Å²) in [4.78, 5) is 0. The van der Waals surface area contributed by atoms with Gasteiger partial charge in [0, 0.05) is 0 Å². The first-order valence-electron chi connectivity index (χ1n) is 3.31. The first-order valence-corrected chi connectivity index (χ1v) is 5.93. The highest BCUT2D eigenvalue weighted by atomic mass is 35.5. The van der Waals surface area contributed by atoms with E-state index in [1.165, 1.54) is 0 Å². The van der Waals surface area contributed by atoms with Crippen molar-refractivity contribution >= 4 is 69.6 Å². The van der Waals surface area contributed by atoms with Gasteiger partial charge in [-0.05, 0) is 0 Å². The molecule has 0 heterocycles. The number of hydrogen-bond acceptors (Lipinski definition) is 0. The van der Waals surface area contributed by atoms with Gasteiger partial charge in [-0.1, -0.05) is 0 Å². The third-order valence-electron chi connectivity index (χ3n) is 1.83. The van der Waals surface area contributed by atoms with Crippen LogP contribution in [-0.2, 0) is 0 Å². The lowest BCUT2D eigenvalue weighted by atomic mass is 9.97. The molecule has 0 aromatic rings. The molecule has 1 aliphatic rings. The van der Waals surface area contributed by atoms with Crippen LogP contribution in [-0.4, -0.2) is 32.3 Å². The van der Waals surface area contributed by atoms with E-state index in [-0.39, 0.29) is 0 Å². The summed E-state index contributed by atoms with van der Waals surface area (Å²) in [5, 5.41) is -2.62. The first kappa shape index (κ1) is 11.8. The lowest BCUT2D eigenvalue weighted by Crippen LogP contribution is -2.52. The fourth-order valence-electron chi connectivity index (χ4n) is 1.05. The first-order chi connectivity index (χ1) is 5.46. The molecule has 0 aliphatic heterocycles. The van der Waals surface area contributed by atoms with E-state index in [2.05, 4.69) is 0 Å². The Morgan fingerprint density at radius 1 is 0.333 bits per heavy atom. The summed E-state index contributed by atoms with van der Waals surface area (Å²) in [6.07, 6.45) is 0. The zero-order chi connectivity index (χ0) is 9.46. The average molecular weight is 291 g/mol. The fourth-order valence-corrected chi connectivity index (χ4v) is 3.38. The van der Waals surface area contributed by atoms with Gasteiger partial charge in [0.1, 0.15) is 0 Å². The standard InChI is InChI=1S/C6H6Cl6/c7-1-2(8)4(10)6(12)5(11)3(1)9/h1-6H/t1-,2-,3-,4-,5-,6+. The Morgan fingerprint density at radius 2 is 0.417 bits per heavy atom. The van der Waals surface area contributed by atoms with Gasteiger partial charge in [-0.15, -0.1) is 69.6 Å². The van der Waals surface area contributed by atoms with E-state index in [1.54, 1.807) is 0 Å². The van der Waals surface area contributed by atoms with Gasteiger partial charge in [0.15, 0.2) is 0 Å². The summed E-state index contributed by atoms with van der Waals surface area (Å²) in [5.41, 5.74) is 0. The highest BCUT2D eigenvalue weighted by molar-refractivity contribution is 6.45. The third-order valence-corrected chi connectivity index (χ3v) is 5.86. The fraction of sp³-hybridized carbons (Fsp3) is 1.00. The van der Waals surface area contributed by atoms with Crippen LogP contribution in [0.2, 0.25) is 0 Å². The second kappa shape index (κ2) is 4.51. The van der Waals surface area contributed by atoms with Crippen molar-refractivity contribution in [2.75, 3.05) is 0 Å². The molecule has 0 unspecified atom stereocenters. The van der Waals surface area contributed by atoms with Crippen molar-refractivity contribution in [1.29, 1.82) is 0 Å². The second-order valence-corrected chi connectivity index (χ2v) is 5.69. The van der Waals surface area contributed by atoms with Crippen LogP contribution in [0.5, 0.6) is 0 Å². The molecule has 0 saturated heterocycles. The lowest BCUT2D eigenvalue weighted by molar-refractivity contribution is 0.544. The predicted octanol–water partition coefficient (Wildman–Crippen LogP) is 3.64. The van der Waals surface area contributed by atoms with Crippen LogP contribution < -0.4 is 0 Å². The number of halogens is 6. The monoisotopic (exact) mass is 288 g/mol. The molecule has 0 atom stereocenters. The van der Waals surface area contributed by atoms with Crippen molar-refractivity contribution in [3.05, 3.63) is 0 Å². The van der Waals surface area contributed by atoms with Gasteiger partial charge in [-0.3, -0.25) is 0 Å². The van der Waals surface area contributed by atoms with Crippen LogP contribution in [0, 0.1) is 0 Å². The zero-order valence-electron chi connectivity index (χ0n) is 5.73. The van der Waals surface area contributed by atoms with Crippen molar-refractivity contribution in [2.24, 2.45) is 0 Å². The van der Waals surface area contributed by atoms with Crippen LogP contribution in [0.4, 0.5) is 0 Å². The van der Waals surface area contributed by atoms with E-state index in [9.17, 15) is 0 Å². The lowest BCUT2D eigenvalue weighted by Gasteiger charge is -2.37. The van der Waals surface area contributed by atoms with Gasteiger partial charge in [0.2, 0.25) is 0 Å². The molecule has 0 radical (unpaired) electrons. The van der Waals surface area contributed by atoms with E-state index in [1.807, 2.05) is 0 Å². The highest BCUT2D eigenvalue weighted by Gasteiger charge is 2.46. The highest BCUT2D eigenvalue weighted by Crippen LogP contribution is 2.39. The van der Waals surface area contributed by atoms with Crippen molar-refractivity contribution in [3.63, 3.8) is 0 Å². The molecule has 0 nitrogen and oxygen atoms in total. The van der Waals surface area contributed by atoms with E-state index in [0.717, 1.165) is 0 Å². The molecular formula is C6H6Cl6. The van der Waals surface area contributed by atoms with E-state index < -0.39 is 32.3 Å². The molecular weight excluding hydrogens is 285 g/mol. The van der Waals surface area contributed by atoms with Gasteiger partial charge in [0.25, 0.3) is 0 Å². The van der Waals surface area contributed by atoms with Crippen molar-refractivity contribution < 1.29 is 0 Å². The summed E-state index contributed by atoms with van der Waals surface area (Å²) >= 11 is 35.3. The maximum atomic E-state index is 5.88. The quantitative estimate of drug-likeness (QED) is 0.598. The molecule has 1 fully saturated rings. The molecule has 0 N–H and O–H groups in total. The van der Waals surface area contributed by atoms with Gasteiger partial charge in [-0.25, -0.2) is 0 Å². The molecule has 0 aromatic heterocycles. The average Bonchev–Trinajstić information content (AvgIpc) is 2.08. The van der Waals surface area contributed by atoms with Crippen LogP contribution in [0.25, 0.3) is 0 Å². The molecule has 1 saturated carbocycles. The smallest absolute Gasteiger partial charge is 0.0693 e. The molecule has 12 heavy (non-hydrogen) atoms. The molecule has 1 rings (SSSR count). The van der Waals surface area contributed by atoms with Crippen LogP contribution in [0.3, 0.4) is 0 Å². The molecule has 0 spiro atoms. The Bertz CT molecular complexity index is 104. The Morgan fingerprint density at radius 3 is 0.500 bits per heavy atom. The van der Waals surface area contributed by atoms with Gasteiger partial charge >= 0.3 is 0 Å². The molecule has 6 heteroatoms. The SMILES string of the molecule is Cl[C@H]1[C@H](Cl)[C@H](Cl)[C@@H](Cl)[C@@H](Cl)[C@H]1Cl. The summed E-state index contributed by atoms with van der Waals surface area (Å²) in [6, 6.07) is 0. The minimum Gasteiger partial charge on any atom is -0.120 e. The van der Waals surface area contributed by atoms with E-state index in [4.69, 9.17) is 69.6 Å². The van der Waals surface area contributed by atoms with Crippen molar-refractivity contribution in [3.8, 4) is 0 Å². The second-order valence-electron chi connectivity index (χ2n) is 2.67. The molecule has 1 aliphatic carbocycles. The normalized spacial score (nSPS) is 55.5.